The highest BCUT2D eigenvalue weighted by molar-refractivity contribution is 7.07. The molecular formula is C11H17ClNS-. The summed E-state index contributed by atoms with van der Waals surface area (Å²) in [5.41, 5.74) is 1.44. The van der Waals surface area contributed by atoms with Crippen molar-refractivity contribution in [2.45, 2.75) is 44.7 Å². The van der Waals surface area contributed by atoms with Crippen LogP contribution in [0.3, 0.4) is 0 Å². The molecule has 1 aromatic rings. The molecule has 1 fully saturated rings. The quantitative estimate of drug-likeness (QED) is 0.781. The van der Waals surface area contributed by atoms with Gasteiger partial charge in [0.2, 0.25) is 0 Å². The fraction of sp³-hybridized carbons (Fsp3) is 0.636. The summed E-state index contributed by atoms with van der Waals surface area (Å²) in [6.07, 6.45) is 7.04. The van der Waals surface area contributed by atoms with E-state index in [9.17, 15) is 0 Å². The molecule has 80 valence electrons. The predicted molar refractivity (Wildman–Crippen MR) is 58.0 cm³/mol. The molecule has 0 saturated heterocycles. The highest BCUT2D eigenvalue weighted by Gasteiger charge is 2.11. The van der Waals surface area contributed by atoms with Crippen LogP contribution >= 0.6 is 11.3 Å². The lowest BCUT2D eigenvalue weighted by Crippen LogP contribution is -3.00. The van der Waals surface area contributed by atoms with Crippen molar-refractivity contribution in [3.05, 3.63) is 22.4 Å². The van der Waals surface area contributed by atoms with Gasteiger partial charge in [-0.1, -0.05) is 19.3 Å². The average molecular weight is 231 g/mol. The van der Waals surface area contributed by atoms with Gasteiger partial charge in [0.15, 0.2) is 0 Å². The third kappa shape index (κ3) is 3.60. The van der Waals surface area contributed by atoms with Gasteiger partial charge in [0, 0.05) is 12.6 Å². The van der Waals surface area contributed by atoms with E-state index in [4.69, 9.17) is 0 Å². The highest BCUT2D eigenvalue weighted by Crippen LogP contribution is 2.18. The first-order chi connectivity index (χ1) is 6.45. The Kier molecular flexibility index (Phi) is 5.53. The second-order valence-electron chi connectivity index (χ2n) is 3.85. The second-order valence-corrected chi connectivity index (χ2v) is 4.63. The van der Waals surface area contributed by atoms with Crippen molar-refractivity contribution in [1.29, 1.82) is 0 Å². The van der Waals surface area contributed by atoms with Crippen molar-refractivity contribution in [3.63, 3.8) is 0 Å². The molecule has 0 amide bonds. The maximum absolute atomic E-state index is 3.63. The van der Waals surface area contributed by atoms with E-state index in [1.54, 1.807) is 11.3 Å². The molecule has 1 aliphatic carbocycles. The van der Waals surface area contributed by atoms with E-state index < -0.39 is 0 Å². The van der Waals surface area contributed by atoms with Crippen LogP contribution in [0.1, 0.15) is 37.7 Å². The summed E-state index contributed by atoms with van der Waals surface area (Å²) >= 11 is 1.79. The van der Waals surface area contributed by atoms with Crippen molar-refractivity contribution in [3.8, 4) is 0 Å². The molecule has 1 nitrogen and oxygen atoms in total. The number of rotatable bonds is 3. The largest absolute Gasteiger partial charge is 1.00 e. The molecule has 0 atom stereocenters. The molecule has 1 heterocycles. The average Bonchev–Trinajstić information content (AvgIpc) is 2.69. The first-order valence-electron chi connectivity index (χ1n) is 5.19. The molecule has 14 heavy (non-hydrogen) atoms. The normalized spacial score (nSPS) is 17.7. The van der Waals surface area contributed by atoms with Crippen molar-refractivity contribution >= 4 is 11.3 Å². The van der Waals surface area contributed by atoms with Gasteiger partial charge in [0.1, 0.15) is 0 Å². The van der Waals surface area contributed by atoms with Gasteiger partial charge in [-0.25, -0.2) is 0 Å². The Hall–Kier alpha value is -0.0500. The summed E-state index contributed by atoms with van der Waals surface area (Å²) in [7, 11) is 0. The molecule has 0 aliphatic heterocycles. The first-order valence-corrected chi connectivity index (χ1v) is 6.14. The van der Waals surface area contributed by atoms with Crippen molar-refractivity contribution in [2.75, 3.05) is 0 Å². The van der Waals surface area contributed by atoms with Crippen molar-refractivity contribution in [2.24, 2.45) is 0 Å². The molecule has 0 aromatic carbocycles. The minimum atomic E-state index is 0. The Morgan fingerprint density at radius 1 is 1.29 bits per heavy atom. The Bertz CT molecular complexity index is 229. The second kappa shape index (κ2) is 6.44. The maximum Gasteiger partial charge on any atom is 0.0216 e. The van der Waals surface area contributed by atoms with Crippen LogP contribution in [-0.4, -0.2) is 6.04 Å². The fourth-order valence-electron chi connectivity index (χ4n) is 1.96. The van der Waals surface area contributed by atoms with E-state index in [2.05, 4.69) is 22.1 Å². The van der Waals surface area contributed by atoms with Gasteiger partial charge in [-0.05, 0) is 35.2 Å². The molecule has 0 radical (unpaired) electrons. The lowest BCUT2D eigenvalue weighted by molar-refractivity contribution is -0.00000272. The van der Waals surface area contributed by atoms with Gasteiger partial charge < -0.3 is 17.7 Å². The van der Waals surface area contributed by atoms with E-state index in [1.165, 1.54) is 37.7 Å². The summed E-state index contributed by atoms with van der Waals surface area (Å²) in [4.78, 5) is 0. The van der Waals surface area contributed by atoms with E-state index in [-0.39, 0.29) is 12.4 Å². The number of halogens is 1. The van der Waals surface area contributed by atoms with E-state index in [0.29, 0.717) is 0 Å². The zero-order chi connectivity index (χ0) is 8.93. The highest BCUT2D eigenvalue weighted by atomic mass is 35.5. The summed E-state index contributed by atoms with van der Waals surface area (Å²) in [6.45, 7) is 1.06. The van der Waals surface area contributed by atoms with Gasteiger partial charge in [-0.15, -0.1) is 0 Å². The Morgan fingerprint density at radius 2 is 2.07 bits per heavy atom. The van der Waals surface area contributed by atoms with Gasteiger partial charge in [0.05, 0.1) is 0 Å². The molecule has 0 spiro atoms. The summed E-state index contributed by atoms with van der Waals surface area (Å²) < 4.78 is 0. The molecule has 2 rings (SSSR count). The molecule has 1 aliphatic rings. The standard InChI is InChI=1S/C11H17NS.ClH/c1-2-4-11(5-3-1)12-8-10-6-7-13-9-10;/h6-7,9,11-12H,1-5,8H2;1H/p-1. The minimum Gasteiger partial charge on any atom is -1.00 e. The number of hydrogen-bond donors (Lipinski definition) is 1. The smallest absolute Gasteiger partial charge is 0.0216 e. The van der Waals surface area contributed by atoms with Crippen LogP contribution in [0.25, 0.3) is 0 Å². The fourth-order valence-corrected chi connectivity index (χ4v) is 2.63. The monoisotopic (exact) mass is 230 g/mol. The van der Waals surface area contributed by atoms with Gasteiger partial charge >= 0.3 is 0 Å². The van der Waals surface area contributed by atoms with Crippen LogP contribution in [-0.2, 0) is 6.54 Å². The number of thiophene rings is 1. The van der Waals surface area contributed by atoms with E-state index in [0.717, 1.165) is 12.6 Å². The molecule has 0 bridgehead atoms. The lowest BCUT2D eigenvalue weighted by atomic mass is 9.95. The summed E-state index contributed by atoms with van der Waals surface area (Å²) in [6, 6.07) is 2.99. The molecular weight excluding hydrogens is 214 g/mol. The zero-order valence-corrected chi connectivity index (χ0v) is 9.91. The Balaban J connectivity index is 0.000000980. The lowest BCUT2D eigenvalue weighted by Gasteiger charge is -2.22. The van der Waals surface area contributed by atoms with Gasteiger partial charge in [-0.3, -0.25) is 0 Å². The van der Waals surface area contributed by atoms with Gasteiger partial charge in [-0.2, -0.15) is 11.3 Å². The van der Waals surface area contributed by atoms with Crippen LogP contribution in [0.2, 0.25) is 0 Å². The van der Waals surface area contributed by atoms with Crippen molar-refractivity contribution < 1.29 is 12.4 Å². The van der Waals surface area contributed by atoms with Crippen LogP contribution in [0.4, 0.5) is 0 Å². The molecule has 0 unspecified atom stereocenters. The summed E-state index contributed by atoms with van der Waals surface area (Å²) in [5, 5.41) is 8.01. The van der Waals surface area contributed by atoms with E-state index >= 15 is 0 Å². The van der Waals surface area contributed by atoms with Crippen LogP contribution in [0.15, 0.2) is 16.8 Å². The molecule has 3 heteroatoms. The van der Waals surface area contributed by atoms with Gasteiger partial charge in [0.25, 0.3) is 0 Å². The number of nitrogens with one attached hydrogen (secondary N) is 1. The minimum absolute atomic E-state index is 0. The maximum atomic E-state index is 3.63. The van der Waals surface area contributed by atoms with Crippen LogP contribution in [0, 0.1) is 0 Å². The zero-order valence-electron chi connectivity index (χ0n) is 8.34. The van der Waals surface area contributed by atoms with Crippen LogP contribution in [0.5, 0.6) is 0 Å². The first kappa shape index (κ1) is 12.0. The Labute approximate surface area is 96.3 Å². The van der Waals surface area contributed by atoms with Crippen molar-refractivity contribution in [1.82, 2.24) is 5.32 Å². The molecule has 1 saturated carbocycles. The summed E-state index contributed by atoms with van der Waals surface area (Å²) in [5.74, 6) is 0. The van der Waals surface area contributed by atoms with Crippen LogP contribution < -0.4 is 17.7 Å². The molecule has 1 N–H and O–H groups in total. The third-order valence-corrected chi connectivity index (χ3v) is 3.51. The number of hydrogen-bond acceptors (Lipinski definition) is 2. The predicted octanol–water partition coefficient (Wildman–Crippen LogP) is 0.174. The molecule has 1 aromatic heterocycles. The third-order valence-electron chi connectivity index (χ3n) is 2.78. The Morgan fingerprint density at radius 3 is 2.71 bits per heavy atom. The topological polar surface area (TPSA) is 12.0 Å². The van der Waals surface area contributed by atoms with E-state index in [1.807, 2.05) is 0 Å². The SMILES string of the molecule is [Cl-].c1cc(CNC2CCCCC2)cs1.